The third kappa shape index (κ3) is 4.69. The molecule has 1 aliphatic heterocycles. The molecule has 0 radical (unpaired) electrons. The van der Waals surface area contributed by atoms with E-state index in [0.29, 0.717) is 38.6 Å². The summed E-state index contributed by atoms with van der Waals surface area (Å²) in [5.74, 6) is 1.19. The molecule has 5 nitrogen and oxygen atoms in total. The molecule has 0 saturated carbocycles. The van der Waals surface area contributed by atoms with E-state index in [1.165, 1.54) is 0 Å². The number of para-hydroxylation sites is 1. The molecule has 0 aromatic heterocycles. The summed E-state index contributed by atoms with van der Waals surface area (Å²) in [5.41, 5.74) is 1.13. The lowest BCUT2D eigenvalue weighted by atomic mass is 10.0. The van der Waals surface area contributed by atoms with Gasteiger partial charge in [-0.2, -0.15) is 0 Å². The van der Waals surface area contributed by atoms with Gasteiger partial charge in [0.15, 0.2) is 0 Å². The Morgan fingerprint density at radius 2 is 1.95 bits per heavy atom. The first-order chi connectivity index (χ1) is 10.5. The highest BCUT2D eigenvalue weighted by Gasteiger charge is 2.27. The molecular formula is C16H25NO4S. The second-order valence-corrected chi connectivity index (χ2v) is 7.84. The Morgan fingerprint density at radius 1 is 1.27 bits per heavy atom. The molecule has 1 saturated heterocycles. The molecule has 1 aromatic carbocycles. The van der Waals surface area contributed by atoms with Crippen LogP contribution in [0.3, 0.4) is 0 Å². The predicted molar refractivity (Wildman–Crippen MR) is 86.8 cm³/mol. The van der Waals surface area contributed by atoms with E-state index in [0.717, 1.165) is 11.3 Å². The monoisotopic (exact) mass is 327 g/mol. The predicted octanol–water partition coefficient (Wildman–Crippen LogP) is 2.29. The van der Waals surface area contributed by atoms with E-state index in [1.807, 2.05) is 24.3 Å². The van der Waals surface area contributed by atoms with Crippen LogP contribution in [0.4, 0.5) is 0 Å². The van der Waals surface area contributed by atoms with Crippen LogP contribution < -0.4 is 9.46 Å². The quantitative estimate of drug-likeness (QED) is 0.781. The van der Waals surface area contributed by atoms with Crippen LogP contribution >= 0.6 is 0 Å². The Hall–Kier alpha value is -1.11. The minimum Gasteiger partial charge on any atom is -0.492 e. The summed E-state index contributed by atoms with van der Waals surface area (Å²) >= 11 is 0. The van der Waals surface area contributed by atoms with E-state index in [2.05, 4.69) is 18.6 Å². The smallest absolute Gasteiger partial charge is 0.214 e. The molecule has 1 aromatic rings. The largest absolute Gasteiger partial charge is 0.492 e. The fraction of sp³-hybridized carbons (Fsp3) is 0.625. The molecule has 6 heteroatoms. The number of hydrogen-bond acceptors (Lipinski definition) is 4. The second kappa shape index (κ2) is 7.94. The van der Waals surface area contributed by atoms with Crippen LogP contribution in [-0.4, -0.2) is 40.0 Å². The number of sulfonamides is 1. The standard InChI is InChI=1S/C16H25NO4S/c1-13(2)15-5-3-4-6-16(15)21-12-9-17-22(18,19)14-7-10-20-11-8-14/h3-6,13-14,17H,7-12H2,1-2H3. The van der Waals surface area contributed by atoms with Crippen molar-refractivity contribution in [3.8, 4) is 5.75 Å². The van der Waals surface area contributed by atoms with E-state index < -0.39 is 10.0 Å². The van der Waals surface area contributed by atoms with Crippen molar-refractivity contribution < 1.29 is 17.9 Å². The zero-order chi connectivity index (χ0) is 16.0. The van der Waals surface area contributed by atoms with E-state index in [-0.39, 0.29) is 11.8 Å². The van der Waals surface area contributed by atoms with Gasteiger partial charge in [-0.3, -0.25) is 0 Å². The van der Waals surface area contributed by atoms with E-state index in [1.54, 1.807) is 0 Å². The summed E-state index contributed by atoms with van der Waals surface area (Å²) < 4.78 is 37.9. The first-order valence-corrected chi connectivity index (χ1v) is 9.33. The fourth-order valence-corrected chi connectivity index (χ4v) is 3.95. The first kappa shape index (κ1) is 17.2. The molecule has 1 N–H and O–H groups in total. The lowest BCUT2D eigenvalue weighted by Crippen LogP contribution is -2.39. The molecule has 2 rings (SSSR count). The Kier molecular flexibility index (Phi) is 6.23. The van der Waals surface area contributed by atoms with Gasteiger partial charge < -0.3 is 9.47 Å². The summed E-state index contributed by atoms with van der Waals surface area (Å²) in [7, 11) is -3.27. The fourth-order valence-electron chi connectivity index (χ4n) is 2.54. The maximum atomic E-state index is 12.1. The van der Waals surface area contributed by atoms with Crippen molar-refractivity contribution >= 4 is 10.0 Å². The molecule has 0 bridgehead atoms. The Bertz CT molecular complexity index is 565. The van der Waals surface area contributed by atoms with Crippen LogP contribution in [0.15, 0.2) is 24.3 Å². The molecule has 1 heterocycles. The van der Waals surface area contributed by atoms with E-state index >= 15 is 0 Å². The van der Waals surface area contributed by atoms with Gasteiger partial charge in [-0.15, -0.1) is 0 Å². The molecule has 1 fully saturated rings. The maximum Gasteiger partial charge on any atom is 0.214 e. The van der Waals surface area contributed by atoms with Crippen LogP contribution in [0, 0.1) is 0 Å². The molecule has 0 atom stereocenters. The number of hydrogen-bond donors (Lipinski definition) is 1. The number of benzene rings is 1. The van der Waals surface area contributed by atoms with Crippen molar-refractivity contribution in [1.82, 2.24) is 4.72 Å². The van der Waals surface area contributed by atoms with E-state index in [9.17, 15) is 8.42 Å². The van der Waals surface area contributed by atoms with E-state index in [4.69, 9.17) is 9.47 Å². The zero-order valence-corrected chi connectivity index (χ0v) is 14.1. The van der Waals surface area contributed by atoms with Crippen LogP contribution in [0.2, 0.25) is 0 Å². The summed E-state index contributed by atoms with van der Waals surface area (Å²) in [4.78, 5) is 0. The number of rotatable bonds is 7. The normalized spacial score (nSPS) is 16.9. The summed E-state index contributed by atoms with van der Waals surface area (Å²) in [6.45, 7) is 5.86. The van der Waals surface area contributed by atoms with Gasteiger partial charge in [0.1, 0.15) is 12.4 Å². The average molecular weight is 327 g/mol. The van der Waals surface area contributed by atoms with Crippen LogP contribution in [0.1, 0.15) is 38.2 Å². The van der Waals surface area contributed by atoms with Crippen molar-refractivity contribution in [2.45, 2.75) is 37.9 Å². The summed E-state index contributed by atoms with van der Waals surface area (Å²) in [6, 6.07) is 7.86. The Labute approximate surface area is 133 Å². The van der Waals surface area contributed by atoms with Gasteiger partial charge in [0.25, 0.3) is 0 Å². The molecule has 124 valence electrons. The Balaban J connectivity index is 1.82. The first-order valence-electron chi connectivity index (χ1n) is 7.78. The number of nitrogens with one attached hydrogen (secondary N) is 1. The lowest BCUT2D eigenvalue weighted by molar-refractivity contribution is 0.0981. The summed E-state index contributed by atoms with van der Waals surface area (Å²) in [5, 5.41) is -0.343. The van der Waals surface area contributed by atoms with Crippen molar-refractivity contribution in [2.75, 3.05) is 26.4 Å². The zero-order valence-electron chi connectivity index (χ0n) is 13.2. The van der Waals surface area contributed by atoms with Gasteiger partial charge in [0.05, 0.1) is 5.25 Å². The number of ether oxygens (including phenoxy) is 2. The van der Waals surface area contributed by atoms with Crippen LogP contribution in [0.5, 0.6) is 5.75 Å². The van der Waals surface area contributed by atoms with Crippen molar-refractivity contribution in [3.05, 3.63) is 29.8 Å². The minimum absolute atomic E-state index is 0.284. The van der Waals surface area contributed by atoms with Gasteiger partial charge in [0, 0.05) is 19.8 Å². The average Bonchev–Trinajstić information content (AvgIpc) is 2.53. The molecular weight excluding hydrogens is 302 g/mol. The molecule has 0 aliphatic carbocycles. The Morgan fingerprint density at radius 3 is 2.64 bits per heavy atom. The summed E-state index contributed by atoms with van der Waals surface area (Å²) in [6.07, 6.45) is 1.12. The van der Waals surface area contributed by atoms with Crippen molar-refractivity contribution in [2.24, 2.45) is 0 Å². The second-order valence-electron chi connectivity index (χ2n) is 5.79. The third-order valence-corrected chi connectivity index (χ3v) is 5.77. The SMILES string of the molecule is CC(C)c1ccccc1OCCNS(=O)(=O)C1CCOCC1. The van der Waals surface area contributed by atoms with Gasteiger partial charge in [-0.05, 0) is 30.4 Å². The van der Waals surface area contributed by atoms with Gasteiger partial charge in [-0.1, -0.05) is 32.0 Å². The molecule has 1 aliphatic rings. The highest BCUT2D eigenvalue weighted by Crippen LogP contribution is 2.25. The highest BCUT2D eigenvalue weighted by atomic mass is 32.2. The highest BCUT2D eigenvalue weighted by molar-refractivity contribution is 7.90. The van der Waals surface area contributed by atoms with Gasteiger partial charge in [-0.25, -0.2) is 13.1 Å². The topological polar surface area (TPSA) is 64.6 Å². The van der Waals surface area contributed by atoms with Crippen molar-refractivity contribution in [1.29, 1.82) is 0 Å². The maximum absolute atomic E-state index is 12.1. The van der Waals surface area contributed by atoms with Crippen LogP contribution in [-0.2, 0) is 14.8 Å². The molecule has 0 spiro atoms. The lowest BCUT2D eigenvalue weighted by Gasteiger charge is -2.22. The molecule has 0 amide bonds. The van der Waals surface area contributed by atoms with Crippen molar-refractivity contribution in [3.63, 3.8) is 0 Å². The van der Waals surface area contributed by atoms with Gasteiger partial charge in [0.2, 0.25) is 10.0 Å². The third-order valence-electron chi connectivity index (χ3n) is 3.81. The minimum atomic E-state index is -3.27. The molecule has 22 heavy (non-hydrogen) atoms. The van der Waals surface area contributed by atoms with Crippen LogP contribution in [0.25, 0.3) is 0 Å². The van der Waals surface area contributed by atoms with Gasteiger partial charge >= 0.3 is 0 Å². The molecule has 0 unspecified atom stereocenters.